The Morgan fingerprint density at radius 3 is 2.55 bits per heavy atom. The van der Waals surface area contributed by atoms with Crippen molar-refractivity contribution in [3.63, 3.8) is 0 Å². The van der Waals surface area contributed by atoms with E-state index < -0.39 is 0 Å². The largest absolute Gasteiger partial charge is 0.385 e. The molecule has 2 N–H and O–H groups in total. The average Bonchev–Trinajstić information content (AvgIpc) is 2.80. The smallest absolute Gasteiger partial charge is 0.0462 e. The lowest BCUT2D eigenvalue weighted by atomic mass is 10.00. The Morgan fingerprint density at radius 2 is 2.09 bits per heavy atom. The number of hydrogen-bond donors (Lipinski definition) is 1. The second-order valence-electron chi connectivity index (χ2n) is 3.65. The highest BCUT2D eigenvalue weighted by Crippen LogP contribution is 2.48. The van der Waals surface area contributed by atoms with Gasteiger partial charge in [0, 0.05) is 13.7 Å². The summed E-state index contributed by atoms with van der Waals surface area (Å²) >= 11 is 0. The van der Waals surface area contributed by atoms with Crippen LogP contribution in [0.3, 0.4) is 0 Å². The van der Waals surface area contributed by atoms with Crippen LogP contribution in [0, 0.1) is 5.41 Å². The fourth-order valence-corrected chi connectivity index (χ4v) is 1.48. The predicted octanol–water partition coefficient (Wildman–Crippen LogP) is 1.54. The maximum atomic E-state index is 5.65. The highest BCUT2D eigenvalue weighted by atomic mass is 16.5. The van der Waals surface area contributed by atoms with Crippen LogP contribution in [0.5, 0.6) is 0 Å². The van der Waals surface area contributed by atoms with E-state index in [9.17, 15) is 0 Å². The van der Waals surface area contributed by atoms with E-state index in [1.54, 1.807) is 7.11 Å². The molecule has 1 fully saturated rings. The van der Waals surface area contributed by atoms with Crippen LogP contribution in [0.2, 0.25) is 0 Å². The first-order valence-electron chi connectivity index (χ1n) is 4.52. The first-order chi connectivity index (χ1) is 5.33. The van der Waals surface area contributed by atoms with E-state index in [4.69, 9.17) is 10.5 Å². The number of ether oxygens (including phenoxy) is 1. The molecule has 0 amide bonds. The molecule has 0 spiro atoms. The zero-order chi connectivity index (χ0) is 8.16. The molecule has 0 atom stereocenters. The molecule has 0 aromatic carbocycles. The zero-order valence-corrected chi connectivity index (χ0v) is 7.44. The lowest BCUT2D eigenvalue weighted by Crippen LogP contribution is -2.15. The predicted molar refractivity (Wildman–Crippen MR) is 46.4 cm³/mol. The first kappa shape index (κ1) is 9.01. The molecule has 2 nitrogen and oxygen atoms in total. The van der Waals surface area contributed by atoms with Gasteiger partial charge in [0.15, 0.2) is 0 Å². The molecule has 1 rings (SSSR count). The molecule has 1 saturated carbocycles. The van der Waals surface area contributed by atoms with Crippen LogP contribution in [0.25, 0.3) is 0 Å². The van der Waals surface area contributed by atoms with Gasteiger partial charge in [-0.05, 0) is 37.6 Å². The minimum atomic E-state index is 0.563. The molecule has 66 valence electrons. The van der Waals surface area contributed by atoms with E-state index in [-0.39, 0.29) is 0 Å². The van der Waals surface area contributed by atoms with Gasteiger partial charge in [-0.2, -0.15) is 0 Å². The number of rotatable bonds is 6. The molecular formula is C9H19NO. The van der Waals surface area contributed by atoms with Crippen molar-refractivity contribution in [3.05, 3.63) is 0 Å². The molecule has 0 aromatic rings. The van der Waals surface area contributed by atoms with Crippen molar-refractivity contribution in [3.8, 4) is 0 Å². The molecule has 0 radical (unpaired) electrons. The summed E-state index contributed by atoms with van der Waals surface area (Å²) in [6.07, 6.45) is 6.50. The molecule has 0 aromatic heterocycles. The Bertz CT molecular complexity index is 110. The minimum absolute atomic E-state index is 0.563. The standard InChI is InChI=1S/C9H19NO/c1-11-7-3-2-4-9(8-10)5-6-9/h2-8,10H2,1H3. The summed E-state index contributed by atoms with van der Waals surface area (Å²) in [6.45, 7) is 1.79. The van der Waals surface area contributed by atoms with E-state index >= 15 is 0 Å². The topological polar surface area (TPSA) is 35.2 Å². The third-order valence-corrected chi connectivity index (χ3v) is 2.70. The number of methoxy groups -OCH3 is 1. The minimum Gasteiger partial charge on any atom is -0.385 e. The van der Waals surface area contributed by atoms with Crippen LogP contribution in [0.4, 0.5) is 0 Å². The molecule has 0 unspecified atom stereocenters. The quantitative estimate of drug-likeness (QED) is 0.594. The molecule has 1 aliphatic carbocycles. The summed E-state index contributed by atoms with van der Waals surface area (Å²) in [6, 6.07) is 0. The third-order valence-electron chi connectivity index (χ3n) is 2.70. The van der Waals surface area contributed by atoms with Gasteiger partial charge in [0.05, 0.1) is 0 Å². The van der Waals surface area contributed by atoms with Crippen LogP contribution in [-0.4, -0.2) is 20.3 Å². The van der Waals surface area contributed by atoms with E-state index in [0.29, 0.717) is 5.41 Å². The second kappa shape index (κ2) is 4.07. The van der Waals surface area contributed by atoms with Gasteiger partial charge in [0.25, 0.3) is 0 Å². The van der Waals surface area contributed by atoms with Crippen molar-refractivity contribution in [1.82, 2.24) is 0 Å². The Kier molecular flexibility index (Phi) is 3.34. The normalized spacial score (nSPS) is 20.2. The van der Waals surface area contributed by atoms with Gasteiger partial charge in [0.1, 0.15) is 0 Å². The van der Waals surface area contributed by atoms with Gasteiger partial charge in [0.2, 0.25) is 0 Å². The summed E-state index contributed by atoms with van der Waals surface area (Å²) in [5.41, 5.74) is 6.22. The van der Waals surface area contributed by atoms with Crippen LogP contribution >= 0.6 is 0 Å². The van der Waals surface area contributed by atoms with Crippen LogP contribution in [0.15, 0.2) is 0 Å². The van der Waals surface area contributed by atoms with E-state index in [0.717, 1.165) is 13.2 Å². The van der Waals surface area contributed by atoms with Crippen molar-refractivity contribution < 1.29 is 4.74 Å². The van der Waals surface area contributed by atoms with Crippen molar-refractivity contribution in [2.24, 2.45) is 11.1 Å². The maximum Gasteiger partial charge on any atom is 0.0462 e. The summed E-state index contributed by atoms with van der Waals surface area (Å²) in [5, 5.41) is 0. The molecule has 0 heterocycles. The summed E-state index contributed by atoms with van der Waals surface area (Å²) in [5.74, 6) is 0. The van der Waals surface area contributed by atoms with E-state index in [2.05, 4.69) is 0 Å². The van der Waals surface area contributed by atoms with Crippen LogP contribution in [0.1, 0.15) is 32.1 Å². The molecule has 11 heavy (non-hydrogen) atoms. The van der Waals surface area contributed by atoms with E-state index in [1.807, 2.05) is 0 Å². The van der Waals surface area contributed by atoms with Crippen molar-refractivity contribution in [2.75, 3.05) is 20.3 Å². The van der Waals surface area contributed by atoms with Gasteiger partial charge >= 0.3 is 0 Å². The van der Waals surface area contributed by atoms with Gasteiger partial charge < -0.3 is 10.5 Å². The molecule has 0 bridgehead atoms. The van der Waals surface area contributed by atoms with Gasteiger partial charge in [-0.3, -0.25) is 0 Å². The third kappa shape index (κ3) is 2.80. The van der Waals surface area contributed by atoms with Crippen LogP contribution in [-0.2, 0) is 4.74 Å². The lowest BCUT2D eigenvalue weighted by molar-refractivity contribution is 0.189. The Hall–Kier alpha value is -0.0800. The van der Waals surface area contributed by atoms with Crippen LogP contribution < -0.4 is 5.73 Å². The number of nitrogens with two attached hydrogens (primary N) is 1. The van der Waals surface area contributed by atoms with Gasteiger partial charge in [-0.1, -0.05) is 6.42 Å². The molecule has 0 aliphatic heterocycles. The molecule has 1 aliphatic rings. The summed E-state index contributed by atoms with van der Waals surface area (Å²) in [7, 11) is 1.76. The monoisotopic (exact) mass is 157 g/mol. The highest BCUT2D eigenvalue weighted by molar-refractivity contribution is 4.93. The SMILES string of the molecule is COCCCCC1(CN)CC1. The van der Waals surface area contributed by atoms with Gasteiger partial charge in [-0.25, -0.2) is 0 Å². The highest BCUT2D eigenvalue weighted by Gasteiger charge is 2.39. The van der Waals surface area contributed by atoms with Gasteiger partial charge in [-0.15, -0.1) is 0 Å². The average molecular weight is 157 g/mol. The maximum absolute atomic E-state index is 5.65. The second-order valence-corrected chi connectivity index (χ2v) is 3.65. The van der Waals surface area contributed by atoms with E-state index in [1.165, 1.54) is 32.1 Å². The van der Waals surface area contributed by atoms with Crippen molar-refractivity contribution in [1.29, 1.82) is 0 Å². The lowest BCUT2D eigenvalue weighted by Gasteiger charge is -2.10. The number of unbranched alkanes of at least 4 members (excludes halogenated alkanes) is 1. The summed E-state index contributed by atoms with van der Waals surface area (Å²) < 4.78 is 4.98. The number of hydrogen-bond acceptors (Lipinski definition) is 2. The molecular weight excluding hydrogens is 138 g/mol. The zero-order valence-electron chi connectivity index (χ0n) is 7.44. The Labute approximate surface area is 69.1 Å². The molecule has 2 heteroatoms. The first-order valence-corrected chi connectivity index (χ1v) is 4.52. The molecule has 0 saturated heterocycles. The van der Waals surface area contributed by atoms with Crippen molar-refractivity contribution >= 4 is 0 Å². The van der Waals surface area contributed by atoms with Crippen molar-refractivity contribution in [2.45, 2.75) is 32.1 Å². The fraction of sp³-hybridized carbons (Fsp3) is 1.00. The Morgan fingerprint density at radius 1 is 1.36 bits per heavy atom. The summed E-state index contributed by atoms with van der Waals surface area (Å²) in [4.78, 5) is 0. The Balaban J connectivity index is 1.94. The fourth-order valence-electron chi connectivity index (χ4n) is 1.48.